The minimum atomic E-state index is -4.64. The van der Waals surface area contributed by atoms with Crippen molar-refractivity contribution in [3.05, 3.63) is 71.3 Å². The van der Waals surface area contributed by atoms with Gasteiger partial charge in [-0.1, -0.05) is 30.3 Å². The number of nitrogens with one attached hydrogen (secondary N) is 1. The van der Waals surface area contributed by atoms with E-state index in [1.165, 1.54) is 24.3 Å². The third kappa shape index (κ3) is 4.52. The molecule has 2 aromatic rings. The van der Waals surface area contributed by atoms with Crippen LogP contribution in [-0.2, 0) is 6.18 Å². The van der Waals surface area contributed by atoms with E-state index in [0.29, 0.717) is 5.75 Å². The molecule has 0 atom stereocenters. The van der Waals surface area contributed by atoms with Gasteiger partial charge in [0.25, 0.3) is 5.91 Å². The van der Waals surface area contributed by atoms with Gasteiger partial charge in [0.05, 0.1) is 11.3 Å². The van der Waals surface area contributed by atoms with E-state index >= 15 is 0 Å². The van der Waals surface area contributed by atoms with Crippen molar-refractivity contribution >= 4 is 23.2 Å². The minimum absolute atomic E-state index is 0.0693. The lowest BCUT2D eigenvalue weighted by molar-refractivity contribution is -0.136. The van der Waals surface area contributed by atoms with Crippen molar-refractivity contribution < 1.29 is 22.7 Å². The second-order valence-corrected chi connectivity index (χ2v) is 5.21. The summed E-state index contributed by atoms with van der Waals surface area (Å²) >= 11 is 5.61. The number of hydrogen-bond donors (Lipinski definition) is 1. The molecule has 0 saturated heterocycles. The van der Waals surface area contributed by atoms with Gasteiger partial charge in [-0.3, -0.25) is 4.79 Å². The fourth-order valence-corrected chi connectivity index (χ4v) is 2.11. The van der Waals surface area contributed by atoms with E-state index in [0.717, 1.165) is 12.1 Å². The van der Waals surface area contributed by atoms with Crippen LogP contribution in [0, 0.1) is 0 Å². The number of carbonyl (C=O) groups is 1. The Hall–Kier alpha value is -2.47. The Kier molecular flexibility index (Phi) is 5.51. The third-order valence-corrected chi connectivity index (χ3v) is 3.23. The van der Waals surface area contributed by atoms with Crippen molar-refractivity contribution in [3.63, 3.8) is 0 Å². The lowest BCUT2D eigenvalue weighted by atomic mass is 10.1. The first-order valence-corrected chi connectivity index (χ1v) is 7.21. The molecule has 0 aliphatic rings. The largest absolute Gasteiger partial charge is 0.490 e. The Morgan fingerprint density at radius 3 is 2.67 bits per heavy atom. The molecule has 2 rings (SSSR count). The number of ether oxygens (including phenoxy) is 1. The average Bonchev–Trinajstić information content (AvgIpc) is 2.54. The number of halogens is 4. The van der Waals surface area contributed by atoms with Gasteiger partial charge in [-0.2, -0.15) is 13.2 Å². The molecule has 1 N–H and O–H groups in total. The summed E-state index contributed by atoms with van der Waals surface area (Å²) in [4.78, 5) is 12.2. The Morgan fingerprint density at radius 2 is 2.00 bits per heavy atom. The van der Waals surface area contributed by atoms with Crippen molar-refractivity contribution in [2.24, 2.45) is 0 Å². The molecule has 0 unspecified atom stereocenters. The molecule has 0 saturated carbocycles. The maximum Gasteiger partial charge on any atom is 0.418 e. The number of alkyl halides is 3. The highest BCUT2D eigenvalue weighted by Crippen LogP contribution is 2.36. The highest BCUT2D eigenvalue weighted by molar-refractivity contribution is 6.30. The SMILES string of the molecule is C=CCOc1cccc(C(=O)Nc2ccc(Cl)cc2C(F)(F)F)c1. The van der Waals surface area contributed by atoms with Crippen LogP contribution in [0.1, 0.15) is 15.9 Å². The van der Waals surface area contributed by atoms with E-state index in [1.807, 2.05) is 0 Å². The van der Waals surface area contributed by atoms with Gasteiger partial charge in [0.15, 0.2) is 0 Å². The molecule has 2 aromatic carbocycles. The first-order chi connectivity index (χ1) is 11.3. The average molecular weight is 356 g/mol. The number of benzene rings is 2. The molecular weight excluding hydrogens is 343 g/mol. The molecule has 0 fully saturated rings. The molecule has 24 heavy (non-hydrogen) atoms. The summed E-state index contributed by atoms with van der Waals surface area (Å²) in [6, 6.07) is 9.25. The van der Waals surface area contributed by atoms with Crippen molar-refractivity contribution in [2.45, 2.75) is 6.18 Å². The van der Waals surface area contributed by atoms with Gasteiger partial charge in [-0.25, -0.2) is 0 Å². The van der Waals surface area contributed by atoms with E-state index in [4.69, 9.17) is 16.3 Å². The van der Waals surface area contributed by atoms with E-state index in [-0.39, 0.29) is 22.9 Å². The van der Waals surface area contributed by atoms with Crippen LogP contribution in [0.3, 0.4) is 0 Å². The highest BCUT2D eigenvalue weighted by Gasteiger charge is 2.34. The van der Waals surface area contributed by atoms with Crippen LogP contribution in [0.15, 0.2) is 55.1 Å². The Labute approximate surface area is 141 Å². The van der Waals surface area contributed by atoms with Crippen LogP contribution in [0.2, 0.25) is 5.02 Å². The Bertz CT molecular complexity index is 760. The second-order valence-electron chi connectivity index (χ2n) is 4.77. The molecule has 3 nitrogen and oxygen atoms in total. The number of rotatable bonds is 5. The summed E-state index contributed by atoms with van der Waals surface area (Å²) in [5.74, 6) is -0.276. The molecule has 0 aliphatic carbocycles. The first kappa shape index (κ1) is 17.9. The van der Waals surface area contributed by atoms with Crippen LogP contribution in [0.5, 0.6) is 5.75 Å². The topological polar surface area (TPSA) is 38.3 Å². The number of amides is 1. The number of anilines is 1. The lowest BCUT2D eigenvalue weighted by Crippen LogP contribution is -2.16. The number of hydrogen-bond acceptors (Lipinski definition) is 2. The van der Waals surface area contributed by atoms with Crippen molar-refractivity contribution in [1.29, 1.82) is 0 Å². The predicted octanol–water partition coefficient (Wildman–Crippen LogP) is 5.18. The van der Waals surface area contributed by atoms with Gasteiger partial charge >= 0.3 is 6.18 Å². The maximum absolute atomic E-state index is 13.0. The molecule has 7 heteroatoms. The summed E-state index contributed by atoms with van der Waals surface area (Å²) in [6.45, 7) is 3.76. The zero-order valence-corrected chi connectivity index (χ0v) is 13.1. The van der Waals surface area contributed by atoms with Gasteiger partial charge in [0, 0.05) is 10.6 Å². The summed E-state index contributed by atoms with van der Waals surface area (Å²) in [5.41, 5.74) is -1.21. The molecule has 126 valence electrons. The number of carbonyl (C=O) groups excluding carboxylic acids is 1. The maximum atomic E-state index is 13.0. The fraction of sp³-hybridized carbons (Fsp3) is 0.118. The predicted molar refractivity (Wildman–Crippen MR) is 86.5 cm³/mol. The molecule has 0 bridgehead atoms. The van der Waals surface area contributed by atoms with Gasteiger partial charge in [-0.05, 0) is 36.4 Å². The van der Waals surface area contributed by atoms with Gasteiger partial charge < -0.3 is 10.1 Å². The summed E-state index contributed by atoms with van der Waals surface area (Å²) in [5, 5.41) is 2.18. The van der Waals surface area contributed by atoms with Crippen LogP contribution >= 0.6 is 11.6 Å². The van der Waals surface area contributed by atoms with Crippen LogP contribution in [-0.4, -0.2) is 12.5 Å². The van der Waals surface area contributed by atoms with Crippen LogP contribution in [0.25, 0.3) is 0 Å². The highest BCUT2D eigenvalue weighted by atomic mass is 35.5. The molecule has 0 radical (unpaired) electrons. The molecule has 0 aromatic heterocycles. The summed E-state index contributed by atoms with van der Waals surface area (Å²) in [7, 11) is 0. The summed E-state index contributed by atoms with van der Waals surface area (Å²) in [6.07, 6.45) is -3.10. The Balaban J connectivity index is 2.26. The lowest BCUT2D eigenvalue weighted by Gasteiger charge is -2.14. The smallest absolute Gasteiger partial charge is 0.418 e. The fourth-order valence-electron chi connectivity index (χ4n) is 1.94. The monoisotopic (exact) mass is 355 g/mol. The van der Waals surface area contributed by atoms with Crippen LogP contribution < -0.4 is 10.1 Å². The van der Waals surface area contributed by atoms with E-state index in [1.54, 1.807) is 12.1 Å². The van der Waals surface area contributed by atoms with Gasteiger partial charge in [-0.15, -0.1) is 0 Å². The minimum Gasteiger partial charge on any atom is -0.490 e. The second kappa shape index (κ2) is 7.40. The third-order valence-electron chi connectivity index (χ3n) is 3.00. The van der Waals surface area contributed by atoms with E-state index < -0.39 is 17.6 Å². The Morgan fingerprint density at radius 1 is 1.25 bits per heavy atom. The van der Waals surface area contributed by atoms with Crippen molar-refractivity contribution in [2.75, 3.05) is 11.9 Å². The quantitative estimate of drug-likeness (QED) is 0.751. The molecule has 0 aliphatic heterocycles. The zero-order valence-electron chi connectivity index (χ0n) is 12.4. The molecular formula is C17H13ClF3NO2. The standard InChI is InChI=1S/C17H13ClF3NO2/c1-2-8-24-13-5-3-4-11(9-13)16(23)22-15-7-6-12(18)10-14(15)17(19,20)21/h2-7,9-10H,1,8H2,(H,22,23). The van der Waals surface area contributed by atoms with Crippen molar-refractivity contribution in [3.8, 4) is 5.75 Å². The van der Waals surface area contributed by atoms with E-state index in [2.05, 4.69) is 11.9 Å². The van der Waals surface area contributed by atoms with Gasteiger partial charge in [0.2, 0.25) is 0 Å². The first-order valence-electron chi connectivity index (χ1n) is 6.83. The zero-order chi connectivity index (χ0) is 17.7. The molecule has 1 amide bonds. The van der Waals surface area contributed by atoms with Crippen molar-refractivity contribution in [1.82, 2.24) is 0 Å². The molecule has 0 spiro atoms. The normalized spacial score (nSPS) is 11.0. The summed E-state index contributed by atoms with van der Waals surface area (Å²) < 4.78 is 44.4. The van der Waals surface area contributed by atoms with Gasteiger partial charge in [0.1, 0.15) is 12.4 Å². The van der Waals surface area contributed by atoms with Crippen LogP contribution in [0.4, 0.5) is 18.9 Å². The van der Waals surface area contributed by atoms with E-state index in [9.17, 15) is 18.0 Å². The molecule has 0 heterocycles.